The monoisotopic (exact) mass is 228 g/mol. The van der Waals surface area contributed by atoms with E-state index in [9.17, 15) is 0 Å². The van der Waals surface area contributed by atoms with Gasteiger partial charge in [-0.05, 0) is 37.6 Å². The van der Waals surface area contributed by atoms with Crippen molar-refractivity contribution in [3.63, 3.8) is 0 Å². The molecule has 1 fully saturated rings. The average Bonchev–Trinajstić information content (AvgIpc) is 2.22. The van der Waals surface area contributed by atoms with Crippen molar-refractivity contribution in [2.24, 2.45) is 17.6 Å². The van der Waals surface area contributed by atoms with E-state index in [0.717, 1.165) is 31.4 Å². The lowest BCUT2D eigenvalue weighted by atomic mass is 9.90. The van der Waals surface area contributed by atoms with Crippen LogP contribution in [0.3, 0.4) is 0 Å². The van der Waals surface area contributed by atoms with Gasteiger partial charge in [0, 0.05) is 26.2 Å². The number of piperidine rings is 1. The molecule has 2 N–H and O–H groups in total. The molecule has 1 heterocycles. The Labute approximate surface area is 100 Å². The number of hydrogen-bond donors (Lipinski definition) is 1. The van der Waals surface area contributed by atoms with Crippen LogP contribution in [-0.4, -0.2) is 44.3 Å². The van der Waals surface area contributed by atoms with E-state index in [-0.39, 0.29) is 0 Å². The third-order valence-corrected chi connectivity index (χ3v) is 3.51. The van der Waals surface area contributed by atoms with Gasteiger partial charge in [0.05, 0.1) is 6.61 Å². The van der Waals surface area contributed by atoms with Gasteiger partial charge in [0.25, 0.3) is 0 Å². The number of ether oxygens (including phenoxy) is 1. The summed E-state index contributed by atoms with van der Waals surface area (Å²) in [5, 5.41) is 0. The maximum absolute atomic E-state index is 5.60. The van der Waals surface area contributed by atoms with Gasteiger partial charge >= 0.3 is 0 Å². The molecule has 3 unspecified atom stereocenters. The number of methoxy groups -OCH3 is 1. The first-order chi connectivity index (χ1) is 7.67. The Hall–Kier alpha value is -0.120. The molecule has 16 heavy (non-hydrogen) atoms. The summed E-state index contributed by atoms with van der Waals surface area (Å²) in [5.74, 6) is 1.64. The number of nitrogens with two attached hydrogens (primary N) is 1. The van der Waals surface area contributed by atoms with Crippen LogP contribution in [0.1, 0.15) is 33.1 Å². The molecule has 3 heteroatoms. The van der Waals surface area contributed by atoms with Crippen LogP contribution in [0.2, 0.25) is 0 Å². The van der Waals surface area contributed by atoms with Gasteiger partial charge < -0.3 is 10.5 Å². The quantitative estimate of drug-likeness (QED) is 0.752. The molecule has 0 aromatic rings. The van der Waals surface area contributed by atoms with Crippen LogP contribution in [0.4, 0.5) is 0 Å². The summed E-state index contributed by atoms with van der Waals surface area (Å²) in [7, 11) is 1.80. The molecule has 0 bridgehead atoms. The fourth-order valence-corrected chi connectivity index (χ4v) is 2.93. The maximum Gasteiger partial charge on any atom is 0.0618 e. The van der Waals surface area contributed by atoms with E-state index in [4.69, 9.17) is 10.5 Å². The van der Waals surface area contributed by atoms with E-state index in [1.54, 1.807) is 7.11 Å². The highest BCUT2D eigenvalue weighted by Gasteiger charge is 2.26. The van der Waals surface area contributed by atoms with E-state index in [1.807, 2.05) is 0 Å². The van der Waals surface area contributed by atoms with E-state index in [0.29, 0.717) is 6.04 Å². The van der Waals surface area contributed by atoms with Crippen molar-refractivity contribution in [2.45, 2.75) is 39.2 Å². The highest BCUT2D eigenvalue weighted by atomic mass is 16.5. The summed E-state index contributed by atoms with van der Waals surface area (Å²) >= 11 is 0. The van der Waals surface area contributed by atoms with E-state index in [2.05, 4.69) is 18.7 Å². The number of hydrogen-bond acceptors (Lipinski definition) is 3. The Morgan fingerprint density at radius 1 is 1.31 bits per heavy atom. The lowest BCUT2D eigenvalue weighted by Gasteiger charge is -2.40. The van der Waals surface area contributed by atoms with Crippen LogP contribution in [0, 0.1) is 11.8 Å². The zero-order valence-electron chi connectivity index (χ0n) is 11.1. The third-order valence-electron chi connectivity index (χ3n) is 3.51. The van der Waals surface area contributed by atoms with E-state index >= 15 is 0 Å². The van der Waals surface area contributed by atoms with Gasteiger partial charge in [-0.3, -0.25) is 4.90 Å². The van der Waals surface area contributed by atoms with Crippen LogP contribution in [0.5, 0.6) is 0 Å². The van der Waals surface area contributed by atoms with Crippen LogP contribution >= 0.6 is 0 Å². The van der Waals surface area contributed by atoms with Crippen molar-refractivity contribution in [1.82, 2.24) is 4.90 Å². The van der Waals surface area contributed by atoms with Gasteiger partial charge in [-0.15, -0.1) is 0 Å². The minimum Gasteiger partial charge on any atom is -0.383 e. The van der Waals surface area contributed by atoms with Gasteiger partial charge in [-0.25, -0.2) is 0 Å². The highest BCUT2D eigenvalue weighted by Crippen LogP contribution is 2.24. The van der Waals surface area contributed by atoms with Crippen molar-refractivity contribution < 1.29 is 4.74 Å². The first kappa shape index (κ1) is 13.9. The van der Waals surface area contributed by atoms with Gasteiger partial charge in [-0.2, -0.15) is 0 Å². The fraction of sp³-hybridized carbons (Fsp3) is 1.00. The van der Waals surface area contributed by atoms with Crippen molar-refractivity contribution in [2.75, 3.05) is 33.4 Å². The van der Waals surface area contributed by atoms with Crippen LogP contribution < -0.4 is 5.73 Å². The minimum atomic E-state index is 0.568. The van der Waals surface area contributed by atoms with Gasteiger partial charge in [0.2, 0.25) is 0 Å². The third kappa shape index (κ3) is 4.40. The second kappa shape index (κ2) is 7.25. The number of rotatable bonds is 6. The number of likely N-dealkylation sites (tertiary alicyclic amines) is 1. The van der Waals surface area contributed by atoms with E-state index < -0.39 is 0 Å². The fourth-order valence-electron chi connectivity index (χ4n) is 2.93. The molecule has 1 aliphatic rings. The Morgan fingerprint density at radius 3 is 2.44 bits per heavy atom. The van der Waals surface area contributed by atoms with Crippen LogP contribution in [0.15, 0.2) is 0 Å². The molecule has 0 aliphatic carbocycles. The standard InChI is InChI=1S/C13H28N2O/c1-11-7-12(2)9-15(8-11)13(10-16-3)5-4-6-14/h11-13H,4-10,14H2,1-3H3. The number of nitrogens with zero attached hydrogens (tertiary/aromatic N) is 1. The smallest absolute Gasteiger partial charge is 0.0618 e. The Kier molecular flexibility index (Phi) is 6.32. The van der Waals surface area contributed by atoms with Crippen molar-refractivity contribution in [1.29, 1.82) is 0 Å². The summed E-state index contributed by atoms with van der Waals surface area (Å²) in [4.78, 5) is 2.61. The average molecular weight is 228 g/mol. The largest absolute Gasteiger partial charge is 0.383 e. The van der Waals surface area contributed by atoms with E-state index in [1.165, 1.54) is 25.9 Å². The normalized spacial score (nSPS) is 29.2. The highest BCUT2D eigenvalue weighted by molar-refractivity contribution is 4.80. The SMILES string of the molecule is COCC(CCCN)N1CC(C)CC(C)C1. The Balaban J connectivity index is 2.47. The summed E-state index contributed by atoms with van der Waals surface area (Å²) in [5.41, 5.74) is 5.60. The molecule has 1 saturated heterocycles. The topological polar surface area (TPSA) is 38.5 Å². The second-order valence-electron chi connectivity index (χ2n) is 5.44. The zero-order valence-corrected chi connectivity index (χ0v) is 11.1. The summed E-state index contributed by atoms with van der Waals surface area (Å²) in [6.07, 6.45) is 3.64. The van der Waals surface area contributed by atoms with Crippen LogP contribution in [-0.2, 0) is 4.74 Å². The Morgan fingerprint density at radius 2 is 1.94 bits per heavy atom. The van der Waals surface area contributed by atoms with Crippen molar-refractivity contribution in [3.8, 4) is 0 Å². The molecule has 96 valence electrons. The molecule has 1 aliphatic heterocycles. The molecule has 0 radical (unpaired) electrons. The first-order valence-electron chi connectivity index (χ1n) is 6.60. The zero-order chi connectivity index (χ0) is 12.0. The molecule has 3 atom stereocenters. The van der Waals surface area contributed by atoms with Crippen LogP contribution in [0.25, 0.3) is 0 Å². The van der Waals surface area contributed by atoms with Crippen molar-refractivity contribution >= 4 is 0 Å². The molecular weight excluding hydrogens is 200 g/mol. The predicted molar refractivity (Wildman–Crippen MR) is 68.5 cm³/mol. The molecule has 0 aromatic carbocycles. The van der Waals surface area contributed by atoms with Gasteiger partial charge in [0.15, 0.2) is 0 Å². The first-order valence-corrected chi connectivity index (χ1v) is 6.60. The summed E-state index contributed by atoms with van der Waals surface area (Å²) in [6, 6.07) is 0.568. The molecule has 0 amide bonds. The molecular formula is C13H28N2O. The van der Waals surface area contributed by atoms with Crippen molar-refractivity contribution in [3.05, 3.63) is 0 Å². The lowest BCUT2D eigenvalue weighted by molar-refractivity contribution is 0.0403. The van der Waals surface area contributed by atoms with Gasteiger partial charge in [-0.1, -0.05) is 13.8 Å². The molecule has 3 nitrogen and oxygen atoms in total. The Bertz CT molecular complexity index is 177. The molecule has 1 rings (SSSR count). The minimum absolute atomic E-state index is 0.568. The maximum atomic E-state index is 5.60. The summed E-state index contributed by atoms with van der Waals surface area (Å²) in [6.45, 7) is 8.80. The lowest BCUT2D eigenvalue weighted by Crippen LogP contribution is -2.47. The summed E-state index contributed by atoms with van der Waals surface area (Å²) < 4.78 is 5.34. The second-order valence-corrected chi connectivity index (χ2v) is 5.44. The molecule has 0 spiro atoms. The molecule has 0 saturated carbocycles. The molecule has 0 aromatic heterocycles. The van der Waals surface area contributed by atoms with Gasteiger partial charge in [0.1, 0.15) is 0 Å². The predicted octanol–water partition coefficient (Wildman–Crippen LogP) is 1.72.